The van der Waals surface area contributed by atoms with E-state index in [-0.39, 0.29) is 4.90 Å². The van der Waals surface area contributed by atoms with E-state index < -0.39 is 10.0 Å². The number of hydrogen-bond acceptors (Lipinski definition) is 5. The average molecular weight is 287 g/mol. The van der Waals surface area contributed by atoms with Gasteiger partial charge in [0.05, 0.1) is 6.61 Å². The quantitative estimate of drug-likeness (QED) is 0.727. The van der Waals surface area contributed by atoms with E-state index in [4.69, 9.17) is 4.74 Å². The molecule has 0 amide bonds. The lowest BCUT2D eigenvalue weighted by Crippen LogP contribution is -2.34. The molecule has 1 heterocycles. The first-order valence-electron chi connectivity index (χ1n) is 6.28. The molecule has 0 aliphatic rings. The summed E-state index contributed by atoms with van der Waals surface area (Å²) in [5.74, 6) is 0.635. The summed E-state index contributed by atoms with van der Waals surface area (Å²) >= 11 is 0. The lowest BCUT2D eigenvalue weighted by Gasteiger charge is -2.20. The van der Waals surface area contributed by atoms with Gasteiger partial charge in [-0.25, -0.2) is 13.4 Å². The number of hydrogen-bond donors (Lipinski definition) is 1. The minimum absolute atomic E-state index is 0.199. The number of sulfonamides is 1. The number of likely N-dealkylation sites (N-methyl/N-ethyl adjacent to an activating group) is 1. The van der Waals surface area contributed by atoms with Gasteiger partial charge >= 0.3 is 0 Å². The molecule has 6 nitrogen and oxygen atoms in total. The van der Waals surface area contributed by atoms with Crippen molar-refractivity contribution in [3.05, 3.63) is 18.3 Å². The fourth-order valence-corrected chi connectivity index (χ4v) is 2.97. The van der Waals surface area contributed by atoms with Gasteiger partial charge < -0.3 is 10.1 Å². The molecule has 0 saturated heterocycles. The van der Waals surface area contributed by atoms with Crippen molar-refractivity contribution in [2.75, 3.05) is 38.7 Å². The summed E-state index contributed by atoms with van der Waals surface area (Å²) in [6, 6.07) is 3.20. The van der Waals surface area contributed by atoms with Crippen LogP contribution in [-0.2, 0) is 14.8 Å². The zero-order valence-electron chi connectivity index (χ0n) is 11.6. The van der Waals surface area contributed by atoms with Crippen LogP contribution in [0.1, 0.15) is 13.8 Å². The third kappa shape index (κ3) is 4.15. The number of nitrogens with one attached hydrogen (secondary N) is 1. The van der Waals surface area contributed by atoms with E-state index >= 15 is 0 Å². The smallest absolute Gasteiger partial charge is 0.244 e. The van der Waals surface area contributed by atoms with Crippen molar-refractivity contribution in [2.24, 2.45) is 0 Å². The van der Waals surface area contributed by atoms with Crippen LogP contribution in [0.5, 0.6) is 0 Å². The number of anilines is 1. The molecule has 0 saturated carbocycles. The van der Waals surface area contributed by atoms with Crippen LogP contribution >= 0.6 is 0 Å². The second-order valence-corrected chi connectivity index (χ2v) is 5.76. The molecule has 0 spiro atoms. The second-order valence-electron chi connectivity index (χ2n) is 3.82. The summed E-state index contributed by atoms with van der Waals surface area (Å²) in [5, 5.41) is 2.85. The van der Waals surface area contributed by atoms with Crippen molar-refractivity contribution >= 4 is 15.8 Å². The molecule has 1 rings (SSSR count). The first-order valence-corrected chi connectivity index (χ1v) is 7.72. The molecule has 0 radical (unpaired) electrons. The third-order valence-corrected chi connectivity index (χ3v) is 4.63. The minimum Gasteiger partial charge on any atom is -0.380 e. The van der Waals surface area contributed by atoms with Crippen LogP contribution in [0.25, 0.3) is 0 Å². The van der Waals surface area contributed by atoms with Gasteiger partial charge in [0, 0.05) is 32.9 Å². The predicted molar refractivity (Wildman–Crippen MR) is 74.7 cm³/mol. The molecule has 19 heavy (non-hydrogen) atoms. The lowest BCUT2D eigenvalue weighted by atomic mass is 10.5. The predicted octanol–water partition coefficient (Wildman–Crippen LogP) is 1.17. The molecule has 108 valence electrons. The Bertz CT molecular complexity index is 473. The number of nitrogens with zero attached hydrogens (tertiary/aromatic N) is 2. The first-order chi connectivity index (χ1) is 9.06. The van der Waals surface area contributed by atoms with E-state index in [0.717, 1.165) is 0 Å². The van der Waals surface area contributed by atoms with Gasteiger partial charge in [0.15, 0.2) is 0 Å². The minimum atomic E-state index is -3.49. The van der Waals surface area contributed by atoms with Crippen molar-refractivity contribution < 1.29 is 13.2 Å². The lowest BCUT2D eigenvalue weighted by molar-refractivity contribution is 0.135. The average Bonchev–Trinajstić information content (AvgIpc) is 2.43. The molecule has 0 aliphatic heterocycles. The topological polar surface area (TPSA) is 71.5 Å². The van der Waals surface area contributed by atoms with E-state index in [9.17, 15) is 8.42 Å². The third-order valence-electron chi connectivity index (χ3n) is 2.67. The molecule has 1 aromatic heterocycles. The van der Waals surface area contributed by atoms with Gasteiger partial charge in [-0.3, -0.25) is 0 Å². The largest absolute Gasteiger partial charge is 0.380 e. The molecule has 0 atom stereocenters. The van der Waals surface area contributed by atoms with Crippen LogP contribution in [0.4, 0.5) is 5.82 Å². The van der Waals surface area contributed by atoms with E-state index in [1.807, 2.05) is 6.92 Å². The van der Waals surface area contributed by atoms with Gasteiger partial charge in [0.25, 0.3) is 0 Å². The van der Waals surface area contributed by atoms with Crippen LogP contribution in [0.3, 0.4) is 0 Å². The fraction of sp³-hybridized carbons (Fsp3) is 0.583. The van der Waals surface area contributed by atoms with Crippen molar-refractivity contribution in [2.45, 2.75) is 18.7 Å². The number of ether oxygens (including phenoxy) is 1. The fourth-order valence-electron chi connectivity index (χ4n) is 1.59. The standard InChI is InChI=1S/C12H21N3O3S/c1-4-15(8-9-18-5-2)19(16,17)11-6-7-12(13-3)14-10-11/h6-7,10H,4-5,8-9H2,1-3H3,(H,13,14). The number of aromatic nitrogens is 1. The highest BCUT2D eigenvalue weighted by Crippen LogP contribution is 2.15. The summed E-state index contributed by atoms with van der Waals surface area (Å²) in [5.41, 5.74) is 0. The Hall–Kier alpha value is -1.18. The maximum absolute atomic E-state index is 12.4. The Morgan fingerprint density at radius 2 is 2.11 bits per heavy atom. The van der Waals surface area contributed by atoms with Crippen molar-refractivity contribution in [3.63, 3.8) is 0 Å². The molecule has 7 heteroatoms. The Morgan fingerprint density at radius 1 is 1.37 bits per heavy atom. The molecule has 0 bridgehead atoms. The normalized spacial score (nSPS) is 11.8. The molecule has 0 unspecified atom stereocenters. The van der Waals surface area contributed by atoms with Gasteiger partial charge in [-0.05, 0) is 19.1 Å². The molecule has 0 aliphatic carbocycles. The Balaban J connectivity index is 2.86. The van der Waals surface area contributed by atoms with Crippen molar-refractivity contribution in [1.82, 2.24) is 9.29 Å². The molecular weight excluding hydrogens is 266 g/mol. The van der Waals surface area contributed by atoms with E-state index in [2.05, 4.69) is 10.3 Å². The van der Waals surface area contributed by atoms with Crippen LogP contribution in [-0.4, -0.2) is 51.1 Å². The highest BCUT2D eigenvalue weighted by molar-refractivity contribution is 7.89. The van der Waals surface area contributed by atoms with Crippen LogP contribution in [0.15, 0.2) is 23.2 Å². The Kier molecular flexibility index (Phi) is 6.20. The summed E-state index contributed by atoms with van der Waals surface area (Å²) in [7, 11) is -1.76. The zero-order valence-corrected chi connectivity index (χ0v) is 12.4. The number of rotatable bonds is 8. The van der Waals surface area contributed by atoms with Gasteiger partial charge in [0.2, 0.25) is 10.0 Å². The monoisotopic (exact) mass is 287 g/mol. The van der Waals surface area contributed by atoms with E-state index in [1.54, 1.807) is 26.1 Å². The highest BCUT2D eigenvalue weighted by Gasteiger charge is 2.22. The summed E-state index contributed by atoms with van der Waals surface area (Å²) < 4.78 is 31.3. The van der Waals surface area contributed by atoms with Crippen LogP contribution < -0.4 is 5.32 Å². The Morgan fingerprint density at radius 3 is 2.58 bits per heavy atom. The van der Waals surface area contributed by atoms with Gasteiger partial charge in [-0.2, -0.15) is 4.31 Å². The maximum atomic E-state index is 12.4. The van der Waals surface area contributed by atoms with E-state index in [1.165, 1.54) is 10.5 Å². The molecule has 1 N–H and O–H groups in total. The first kappa shape index (κ1) is 15.9. The van der Waals surface area contributed by atoms with Crippen molar-refractivity contribution in [1.29, 1.82) is 0 Å². The van der Waals surface area contributed by atoms with Crippen molar-refractivity contribution in [3.8, 4) is 0 Å². The maximum Gasteiger partial charge on any atom is 0.244 e. The Labute approximate surface area is 114 Å². The molecule has 1 aromatic rings. The van der Waals surface area contributed by atoms with E-state index in [0.29, 0.717) is 32.1 Å². The summed E-state index contributed by atoms with van der Waals surface area (Å²) in [4.78, 5) is 4.23. The molecular formula is C12H21N3O3S. The number of pyridine rings is 1. The molecule has 0 fully saturated rings. The van der Waals surface area contributed by atoms with Gasteiger partial charge in [0.1, 0.15) is 10.7 Å². The zero-order chi connectivity index (χ0) is 14.3. The highest BCUT2D eigenvalue weighted by atomic mass is 32.2. The van der Waals surface area contributed by atoms with Crippen LogP contribution in [0.2, 0.25) is 0 Å². The SMILES string of the molecule is CCOCCN(CC)S(=O)(=O)c1ccc(NC)nc1. The molecule has 0 aromatic carbocycles. The van der Waals surface area contributed by atoms with Gasteiger partial charge in [-0.15, -0.1) is 0 Å². The summed E-state index contributed by atoms with van der Waals surface area (Å²) in [6.45, 7) is 5.41. The van der Waals surface area contributed by atoms with Crippen LogP contribution in [0, 0.1) is 0 Å². The summed E-state index contributed by atoms with van der Waals surface area (Å²) in [6.07, 6.45) is 1.37. The van der Waals surface area contributed by atoms with Gasteiger partial charge in [-0.1, -0.05) is 6.92 Å². The second kappa shape index (κ2) is 7.42.